The van der Waals surface area contributed by atoms with Crippen molar-refractivity contribution >= 4 is 28.3 Å². The zero-order chi connectivity index (χ0) is 17.6. The minimum atomic E-state index is -3.16. The van der Waals surface area contributed by atoms with Gasteiger partial charge in [0.25, 0.3) is 0 Å². The number of hydrogen-bond acceptors (Lipinski definition) is 4. The first-order valence-corrected chi connectivity index (χ1v) is 11.0. The van der Waals surface area contributed by atoms with Crippen molar-refractivity contribution in [3.8, 4) is 0 Å². The van der Waals surface area contributed by atoms with Crippen molar-refractivity contribution in [2.75, 3.05) is 31.9 Å². The van der Waals surface area contributed by atoms with Crippen LogP contribution in [0.15, 0.2) is 0 Å². The lowest BCUT2D eigenvalue weighted by Gasteiger charge is -2.34. The van der Waals surface area contributed by atoms with Crippen molar-refractivity contribution in [2.24, 2.45) is 11.8 Å². The largest absolute Gasteiger partial charge is 0.343 e. The van der Waals surface area contributed by atoms with Crippen LogP contribution in [0.5, 0.6) is 0 Å². The van der Waals surface area contributed by atoms with Crippen LogP contribution in [0.25, 0.3) is 0 Å². The fourth-order valence-electron chi connectivity index (χ4n) is 3.76. The highest BCUT2D eigenvalue weighted by atomic mass is 35.5. The molecule has 0 aromatic carbocycles. The average Bonchev–Trinajstić information content (AvgIpc) is 2.55. The first kappa shape index (κ1) is 22.7. The zero-order valence-corrected chi connectivity index (χ0v) is 17.1. The van der Waals surface area contributed by atoms with Gasteiger partial charge in [0.1, 0.15) is 0 Å². The molecule has 0 spiro atoms. The fraction of sp³-hybridized carbons (Fsp3) is 0.941. The Hall–Kier alpha value is -0.370. The molecule has 8 heteroatoms. The maximum atomic E-state index is 12.5. The summed E-state index contributed by atoms with van der Waals surface area (Å²) < 4.78 is 26.4. The summed E-state index contributed by atoms with van der Waals surface area (Å²) in [6, 6.07) is -0.0226. The molecule has 1 amide bonds. The van der Waals surface area contributed by atoms with E-state index in [4.69, 9.17) is 0 Å². The molecule has 0 bridgehead atoms. The normalized spacial score (nSPS) is 23.8. The van der Waals surface area contributed by atoms with Gasteiger partial charge in [0.05, 0.1) is 5.75 Å². The van der Waals surface area contributed by atoms with E-state index in [9.17, 15) is 13.2 Å². The maximum Gasteiger partial charge on any atom is 0.222 e. The summed E-state index contributed by atoms with van der Waals surface area (Å²) in [5.41, 5.74) is 0. The van der Waals surface area contributed by atoms with E-state index in [0.29, 0.717) is 50.6 Å². The highest BCUT2D eigenvalue weighted by Crippen LogP contribution is 2.24. The van der Waals surface area contributed by atoms with Gasteiger partial charge in [-0.05, 0) is 57.0 Å². The molecule has 6 nitrogen and oxygen atoms in total. The summed E-state index contributed by atoms with van der Waals surface area (Å²) in [6.07, 6.45) is 5.08. The summed E-state index contributed by atoms with van der Waals surface area (Å²) in [4.78, 5) is 14.4. The van der Waals surface area contributed by atoms with Gasteiger partial charge in [-0.2, -0.15) is 0 Å². The molecular formula is C17H34ClN3O3S. The van der Waals surface area contributed by atoms with E-state index in [2.05, 4.69) is 17.0 Å². The van der Waals surface area contributed by atoms with E-state index in [1.54, 1.807) is 0 Å². The molecule has 0 aliphatic carbocycles. The van der Waals surface area contributed by atoms with Crippen LogP contribution >= 0.6 is 12.4 Å². The van der Waals surface area contributed by atoms with E-state index in [0.717, 1.165) is 13.1 Å². The monoisotopic (exact) mass is 395 g/mol. The number of likely N-dealkylation sites (tertiary alicyclic amines) is 1. The van der Waals surface area contributed by atoms with Gasteiger partial charge in [-0.15, -0.1) is 12.4 Å². The van der Waals surface area contributed by atoms with Crippen LogP contribution in [-0.4, -0.2) is 57.2 Å². The van der Waals surface area contributed by atoms with Crippen LogP contribution in [0.2, 0.25) is 0 Å². The number of carbonyl (C=O) groups excluding carboxylic acids is 1. The summed E-state index contributed by atoms with van der Waals surface area (Å²) in [5, 5.41) is 3.42. The van der Waals surface area contributed by atoms with Crippen molar-refractivity contribution < 1.29 is 13.2 Å². The van der Waals surface area contributed by atoms with Crippen molar-refractivity contribution in [3.05, 3.63) is 0 Å². The highest BCUT2D eigenvalue weighted by molar-refractivity contribution is 7.89. The Bertz CT molecular complexity index is 501. The van der Waals surface area contributed by atoms with Crippen LogP contribution < -0.4 is 10.0 Å². The van der Waals surface area contributed by atoms with Crippen molar-refractivity contribution in [3.63, 3.8) is 0 Å². The molecule has 0 radical (unpaired) electrons. The van der Waals surface area contributed by atoms with Gasteiger partial charge in [0.2, 0.25) is 15.9 Å². The number of piperidine rings is 2. The fourth-order valence-corrected chi connectivity index (χ4v) is 5.16. The van der Waals surface area contributed by atoms with Gasteiger partial charge in [-0.3, -0.25) is 4.79 Å². The lowest BCUT2D eigenvalue weighted by Crippen LogP contribution is -2.47. The number of hydrogen-bond donors (Lipinski definition) is 2. The smallest absolute Gasteiger partial charge is 0.222 e. The molecule has 2 fully saturated rings. The van der Waals surface area contributed by atoms with Crippen LogP contribution in [0.3, 0.4) is 0 Å². The Kier molecular flexibility index (Phi) is 9.70. The second kappa shape index (κ2) is 10.7. The van der Waals surface area contributed by atoms with Gasteiger partial charge >= 0.3 is 0 Å². The SMILES string of the molecule is CCCS(=O)(=O)NC1CCN(C(=O)CC(C)C2CCCNC2)CC1.Cl. The van der Waals surface area contributed by atoms with Crippen molar-refractivity contribution in [2.45, 2.75) is 58.4 Å². The molecule has 2 rings (SSSR count). The second-order valence-electron chi connectivity index (χ2n) is 7.38. The molecule has 2 aliphatic rings. The number of carbonyl (C=O) groups is 1. The number of sulfonamides is 1. The predicted molar refractivity (Wildman–Crippen MR) is 103 cm³/mol. The molecule has 2 aliphatic heterocycles. The Labute approximate surface area is 159 Å². The number of nitrogens with zero attached hydrogens (tertiary/aromatic N) is 1. The predicted octanol–water partition coefficient (Wildman–Crippen LogP) is 1.75. The number of halogens is 1. The summed E-state index contributed by atoms with van der Waals surface area (Å²) in [7, 11) is -3.16. The molecule has 2 atom stereocenters. The standard InChI is InChI=1S/C17H33N3O3S.ClH/c1-3-11-24(22,23)19-16-6-9-20(10-7-16)17(21)12-14(2)15-5-4-8-18-13-15;/h14-16,18-19H,3-13H2,1-2H3;1H. The topological polar surface area (TPSA) is 78.5 Å². The minimum Gasteiger partial charge on any atom is -0.343 e. The van der Waals surface area contributed by atoms with Gasteiger partial charge in [0.15, 0.2) is 0 Å². The third-order valence-electron chi connectivity index (χ3n) is 5.30. The summed E-state index contributed by atoms with van der Waals surface area (Å²) in [5.74, 6) is 1.41. The minimum absolute atomic E-state index is 0. The van der Waals surface area contributed by atoms with E-state index >= 15 is 0 Å². The Morgan fingerprint density at radius 3 is 2.52 bits per heavy atom. The Morgan fingerprint density at radius 2 is 1.96 bits per heavy atom. The summed E-state index contributed by atoms with van der Waals surface area (Å²) >= 11 is 0. The second-order valence-corrected chi connectivity index (χ2v) is 9.25. The van der Waals surface area contributed by atoms with Crippen LogP contribution in [-0.2, 0) is 14.8 Å². The van der Waals surface area contributed by atoms with Gasteiger partial charge in [0, 0.05) is 25.6 Å². The van der Waals surface area contributed by atoms with Crippen LogP contribution in [0.1, 0.15) is 52.4 Å². The molecule has 2 heterocycles. The van der Waals surface area contributed by atoms with E-state index in [-0.39, 0.29) is 30.1 Å². The summed E-state index contributed by atoms with van der Waals surface area (Å²) in [6.45, 7) is 7.49. The van der Waals surface area contributed by atoms with E-state index < -0.39 is 10.0 Å². The molecule has 0 aromatic rings. The number of amides is 1. The van der Waals surface area contributed by atoms with E-state index in [1.165, 1.54) is 12.8 Å². The van der Waals surface area contributed by atoms with Crippen molar-refractivity contribution in [1.29, 1.82) is 0 Å². The quantitative estimate of drug-likeness (QED) is 0.688. The lowest BCUT2D eigenvalue weighted by atomic mass is 9.85. The molecular weight excluding hydrogens is 362 g/mol. The van der Waals surface area contributed by atoms with Crippen LogP contribution in [0, 0.1) is 11.8 Å². The molecule has 2 unspecified atom stereocenters. The van der Waals surface area contributed by atoms with Crippen LogP contribution in [0.4, 0.5) is 0 Å². The molecule has 0 saturated carbocycles. The number of nitrogens with one attached hydrogen (secondary N) is 2. The molecule has 2 N–H and O–H groups in total. The molecule has 0 aromatic heterocycles. The maximum absolute atomic E-state index is 12.5. The van der Waals surface area contributed by atoms with Crippen molar-refractivity contribution in [1.82, 2.24) is 14.9 Å². The Balaban J connectivity index is 0.00000312. The number of rotatable bonds is 7. The van der Waals surface area contributed by atoms with Gasteiger partial charge < -0.3 is 10.2 Å². The first-order chi connectivity index (χ1) is 11.4. The van der Waals surface area contributed by atoms with Gasteiger partial charge in [-0.25, -0.2) is 13.1 Å². The molecule has 148 valence electrons. The zero-order valence-electron chi connectivity index (χ0n) is 15.5. The third-order valence-corrected chi connectivity index (χ3v) is 6.94. The molecule has 2 saturated heterocycles. The third kappa shape index (κ3) is 7.41. The highest BCUT2D eigenvalue weighted by Gasteiger charge is 2.28. The average molecular weight is 396 g/mol. The van der Waals surface area contributed by atoms with Gasteiger partial charge in [-0.1, -0.05) is 13.8 Å². The molecule has 25 heavy (non-hydrogen) atoms. The lowest BCUT2D eigenvalue weighted by molar-refractivity contribution is -0.133. The van der Waals surface area contributed by atoms with E-state index in [1.807, 2.05) is 11.8 Å². The Morgan fingerprint density at radius 1 is 1.28 bits per heavy atom. The first-order valence-electron chi connectivity index (χ1n) is 9.39.